The standard InChI is InChI=1S/C15H26N2O2/c1-17(9-10-4-6-19-7-5-10)15(18)13-11-2-3-12(8-11)14(13)16/h10-14H,2-9,16H2,1H3. The lowest BCUT2D eigenvalue weighted by molar-refractivity contribution is -0.137. The minimum atomic E-state index is 0.101. The first-order valence-corrected chi connectivity index (χ1v) is 7.75. The molecule has 19 heavy (non-hydrogen) atoms. The Bertz CT molecular complexity index is 339. The third-order valence-electron chi connectivity index (χ3n) is 5.51. The van der Waals surface area contributed by atoms with Crippen LogP contribution < -0.4 is 5.73 Å². The highest BCUT2D eigenvalue weighted by Crippen LogP contribution is 2.48. The minimum absolute atomic E-state index is 0.101. The SMILES string of the molecule is CN(CC1CCOCC1)C(=O)C1C2CCC(C2)C1N. The highest BCUT2D eigenvalue weighted by atomic mass is 16.5. The van der Waals surface area contributed by atoms with Gasteiger partial charge in [-0.15, -0.1) is 0 Å². The summed E-state index contributed by atoms with van der Waals surface area (Å²) in [5.41, 5.74) is 6.27. The van der Waals surface area contributed by atoms with Crippen molar-refractivity contribution in [2.75, 3.05) is 26.8 Å². The van der Waals surface area contributed by atoms with Gasteiger partial charge in [-0.1, -0.05) is 0 Å². The first kappa shape index (κ1) is 13.4. The molecule has 0 radical (unpaired) electrons. The topological polar surface area (TPSA) is 55.6 Å². The molecule has 4 heteroatoms. The summed E-state index contributed by atoms with van der Waals surface area (Å²) in [4.78, 5) is 14.6. The summed E-state index contributed by atoms with van der Waals surface area (Å²) in [6.45, 7) is 2.57. The molecule has 3 aliphatic rings. The molecule has 108 valence electrons. The second-order valence-corrected chi connectivity index (χ2v) is 6.71. The largest absolute Gasteiger partial charge is 0.381 e. The number of hydrogen-bond donors (Lipinski definition) is 1. The van der Waals surface area contributed by atoms with Crippen molar-refractivity contribution in [3.63, 3.8) is 0 Å². The lowest BCUT2D eigenvalue weighted by atomic mass is 9.84. The number of ether oxygens (including phenoxy) is 1. The Kier molecular flexibility index (Phi) is 3.81. The summed E-state index contributed by atoms with van der Waals surface area (Å²) in [5, 5.41) is 0. The minimum Gasteiger partial charge on any atom is -0.381 e. The van der Waals surface area contributed by atoms with E-state index in [9.17, 15) is 4.79 Å². The van der Waals surface area contributed by atoms with Crippen molar-refractivity contribution in [2.45, 2.75) is 38.1 Å². The van der Waals surface area contributed by atoms with Gasteiger partial charge in [0.2, 0.25) is 5.91 Å². The van der Waals surface area contributed by atoms with E-state index in [2.05, 4.69) is 0 Å². The molecule has 2 N–H and O–H groups in total. The van der Waals surface area contributed by atoms with Crippen molar-refractivity contribution in [1.29, 1.82) is 0 Å². The van der Waals surface area contributed by atoms with Gasteiger partial charge in [-0.2, -0.15) is 0 Å². The van der Waals surface area contributed by atoms with Crippen molar-refractivity contribution < 1.29 is 9.53 Å². The fraction of sp³-hybridized carbons (Fsp3) is 0.933. The first-order chi connectivity index (χ1) is 9.16. The van der Waals surface area contributed by atoms with Gasteiger partial charge in [0.25, 0.3) is 0 Å². The Labute approximate surface area is 115 Å². The van der Waals surface area contributed by atoms with E-state index in [1.54, 1.807) is 0 Å². The molecule has 0 aromatic heterocycles. The molecular weight excluding hydrogens is 240 g/mol. The molecule has 1 aliphatic heterocycles. The number of hydrogen-bond acceptors (Lipinski definition) is 3. The van der Waals surface area contributed by atoms with Crippen LogP contribution in [-0.2, 0) is 9.53 Å². The number of rotatable bonds is 3. The molecule has 4 nitrogen and oxygen atoms in total. The van der Waals surface area contributed by atoms with Crippen molar-refractivity contribution in [3.8, 4) is 0 Å². The van der Waals surface area contributed by atoms with Crippen LogP contribution in [-0.4, -0.2) is 43.7 Å². The molecule has 0 aromatic rings. The quantitative estimate of drug-likeness (QED) is 0.836. The summed E-state index contributed by atoms with van der Waals surface area (Å²) in [6, 6.07) is 0.114. The number of carbonyl (C=O) groups is 1. The average molecular weight is 266 g/mol. The van der Waals surface area contributed by atoms with Crippen LogP contribution in [0.1, 0.15) is 32.1 Å². The Morgan fingerprint density at radius 2 is 1.89 bits per heavy atom. The van der Waals surface area contributed by atoms with Crippen molar-refractivity contribution >= 4 is 5.91 Å². The van der Waals surface area contributed by atoms with E-state index in [0.717, 1.165) is 32.6 Å². The van der Waals surface area contributed by atoms with Crippen LogP contribution in [0.5, 0.6) is 0 Å². The maximum Gasteiger partial charge on any atom is 0.227 e. The highest BCUT2D eigenvalue weighted by molar-refractivity contribution is 5.80. The molecule has 2 aliphatic carbocycles. The zero-order valence-corrected chi connectivity index (χ0v) is 11.9. The number of fused-ring (bicyclic) bond motifs is 2. The smallest absolute Gasteiger partial charge is 0.227 e. The number of nitrogens with two attached hydrogens (primary N) is 1. The van der Waals surface area contributed by atoms with Gasteiger partial charge in [0, 0.05) is 32.8 Å². The molecule has 1 amide bonds. The van der Waals surface area contributed by atoms with Crippen LogP contribution in [0.25, 0.3) is 0 Å². The molecule has 1 saturated heterocycles. The monoisotopic (exact) mass is 266 g/mol. The third kappa shape index (κ3) is 2.52. The molecule has 3 rings (SSSR count). The van der Waals surface area contributed by atoms with Gasteiger partial charge in [-0.25, -0.2) is 0 Å². The van der Waals surface area contributed by atoms with E-state index in [-0.39, 0.29) is 12.0 Å². The van der Waals surface area contributed by atoms with Gasteiger partial charge < -0.3 is 15.4 Å². The zero-order valence-electron chi connectivity index (χ0n) is 11.9. The summed E-state index contributed by atoms with van der Waals surface area (Å²) < 4.78 is 5.38. The lowest BCUT2D eigenvalue weighted by Gasteiger charge is -2.33. The van der Waals surface area contributed by atoms with E-state index in [1.165, 1.54) is 19.3 Å². The Hall–Kier alpha value is -0.610. The molecule has 2 bridgehead atoms. The van der Waals surface area contributed by atoms with Gasteiger partial charge in [0.05, 0.1) is 5.92 Å². The van der Waals surface area contributed by atoms with E-state index < -0.39 is 0 Å². The highest BCUT2D eigenvalue weighted by Gasteiger charge is 2.49. The molecule has 4 unspecified atom stereocenters. The second-order valence-electron chi connectivity index (χ2n) is 6.71. The maximum atomic E-state index is 12.6. The molecule has 0 spiro atoms. The number of carbonyl (C=O) groups excluding carboxylic acids is 1. The van der Waals surface area contributed by atoms with Gasteiger partial charge >= 0.3 is 0 Å². The molecule has 4 atom stereocenters. The number of nitrogens with zero attached hydrogens (tertiary/aromatic N) is 1. The summed E-state index contributed by atoms with van der Waals surface area (Å²) >= 11 is 0. The van der Waals surface area contributed by atoms with Crippen LogP contribution in [0.15, 0.2) is 0 Å². The molecule has 2 saturated carbocycles. The van der Waals surface area contributed by atoms with E-state index in [1.807, 2.05) is 11.9 Å². The van der Waals surface area contributed by atoms with Crippen LogP contribution in [0, 0.1) is 23.7 Å². The van der Waals surface area contributed by atoms with Gasteiger partial charge in [-0.3, -0.25) is 4.79 Å². The van der Waals surface area contributed by atoms with Gasteiger partial charge in [-0.05, 0) is 49.9 Å². The van der Waals surface area contributed by atoms with Crippen molar-refractivity contribution in [3.05, 3.63) is 0 Å². The predicted molar refractivity (Wildman–Crippen MR) is 73.5 cm³/mol. The van der Waals surface area contributed by atoms with E-state index >= 15 is 0 Å². The van der Waals surface area contributed by atoms with Crippen molar-refractivity contribution in [1.82, 2.24) is 4.90 Å². The van der Waals surface area contributed by atoms with Crippen LogP contribution in [0.3, 0.4) is 0 Å². The third-order valence-corrected chi connectivity index (χ3v) is 5.51. The first-order valence-electron chi connectivity index (χ1n) is 7.75. The Morgan fingerprint density at radius 3 is 2.53 bits per heavy atom. The van der Waals surface area contributed by atoms with Crippen LogP contribution in [0.2, 0.25) is 0 Å². The Balaban J connectivity index is 1.57. The summed E-state index contributed by atoms with van der Waals surface area (Å²) in [7, 11) is 1.95. The summed E-state index contributed by atoms with van der Waals surface area (Å²) in [6.07, 6.45) is 5.79. The fourth-order valence-electron chi connectivity index (χ4n) is 4.36. The zero-order chi connectivity index (χ0) is 13.4. The van der Waals surface area contributed by atoms with E-state index in [4.69, 9.17) is 10.5 Å². The van der Waals surface area contributed by atoms with Crippen molar-refractivity contribution in [2.24, 2.45) is 29.4 Å². The number of amides is 1. The molecule has 3 fully saturated rings. The fourth-order valence-corrected chi connectivity index (χ4v) is 4.36. The van der Waals surface area contributed by atoms with Gasteiger partial charge in [0.1, 0.15) is 0 Å². The predicted octanol–water partition coefficient (Wildman–Crippen LogP) is 1.24. The van der Waals surface area contributed by atoms with Gasteiger partial charge in [0.15, 0.2) is 0 Å². The molecular formula is C15H26N2O2. The van der Waals surface area contributed by atoms with Crippen LogP contribution in [0.4, 0.5) is 0 Å². The lowest BCUT2D eigenvalue weighted by Crippen LogP contribution is -2.47. The maximum absolute atomic E-state index is 12.6. The molecule has 1 heterocycles. The normalized spacial score (nSPS) is 38.6. The Morgan fingerprint density at radius 1 is 1.21 bits per heavy atom. The van der Waals surface area contributed by atoms with Crippen LogP contribution >= 0.6 is 0 Å². The molecule has 0 aromatic carbocycles. The second kappa shape index (κ2) is 5.41. The van der Waals surface area contributed by atoms with E-state index in [0.29, 0.717) is 23.7 Å². The average Bonchev–Trinajstić information content (AvgIpc) is 3.00. The summed E-state index contributed by atoms with van der Waals surface area (Å²) in [5.74, 6) is 2.17.